The third kappa shape index (κ3) is 7.47. The summed E-state index contributed by atoms with van der Waals surface area (Å²) >= 11 is 1.45. The van der Waals surface area contributed by atoms with Gasteiger partial charge in [-0.1, -0.05) is 24.0 Å². The van der Waals surface area contributed by atoms with Gasteiger partial charge in [0.15, 0.2) is 9.84 Å². The quantitative estimate of drug-likeness (QED) is 0.259. The van der Waals surface area contributed by atoms with Crippen molar-refractivity contribution in [3.8, 4) is 23.7 Å². The average Bonchev–Trinajstić information content (AvgIpc) is 3.30. The van der Waals surface area contributed by atoms with Crippen LogP contribution in [0.25, 0.3) is 10.1 Å². The van der Waals surface area contributed by atoms with Gasteiger partial charge in [0.05, 0.1) is 70.7 Å². The van der Waals surface area contributed by atoms with E-state index in [4.69, 9.17) is 9.84 Å². The van der Waals surface area contributed by atoms with Gasteiger partial charge in [-0.05, 0) is 24.6 Å². The molecule has 12 heteroatoms. The molecule has 0 saturated carbocycles. The number of halogens is 1. The first-order chi connectivity index (χ1) is 19.6. The summed E-state index contributed by atoms with van der Waals surface area (Å²) in [5.41, 5.74) is 2.21. The number of benzene rings is 2. The zero-order valence-corrected chi connectivity index (χ0v) is 24.5. The molecular weight excluding hydrogens is 567 g/mol. The zero-order chi connectivity index (χ0) is 29.6. The van der Waals surface area contributed by atoms with Crippen LogP contribution < -0.4 is 15.4 Å². The number of fused-ring (bicyclic) bond motifs is 1. The van der Waals surface area contributed by atoms with Crippen LogP contribution in [0.1, 0.15) is 16.9 Å². The molecule has 1 aliphatic rings. The number of hydrogen-bond acceptors (Lipinski definition) is 10. The first-order valence-electron chi connectivity index (χ1n) is 13.1. The minimum Gasteiger partial charge on any atom is -0.495 e. The van der Waals surface area contributed by atoms with Crippen molar-refractivity contribution in [2.24, 2.45) is 0 Å². The van der Waals surface area contributed by atoms with E-state index in [9.17, 15) is 18.8 Å². The van der Waals surface area contributed by atoms with Crippen molar-refractivity contribution in [3.63, 3.8) is 0 Å². The van der Waals surface area contributed by atoms with Crippen LogP contribution in [-0.4, -0.2) is 88.0 Å². The van der Waals surface area contributed by atoms with Gasteiger partial charge in [0.25, 0.3) is 0 Å². The second-order valence-corrected chi connectivity index (χ2v) is 12.9. The first kappa shape index (κ1) is 30.6. The number of alkyl halides is 1. The minimum atomic E-state index is -3.37. The SMILES string of the molecule is COc1cc(S(C)(=O)=O)ccc1NCC#Cc1sc2c(NC3CCN(CC(O)CO)CC3F)cccc2c1CC#N. The Hall–Kier alpha value is -3.39. The highest BCUT2D eigenvalue weighted by Crippen LogP contribution is 2.37. The Labute approximate surface area is 243 Å². The number of rotatable bonds is 10. The van der Waals surface area contributed by atoms with Crippen LogP contribution in [-0.2, 0) is 16.3 Å². The molecule has 0 aliphatic carbocycles. The number of hydrogen-bond donors (Lipinski definition) is 4. The van der Waals surface area contributed by atoms with E-state index in [1.54, 1.807) is 6.07 Å². The largest absolute Gasteiger partial charge is 0.495 e. The molecule has 3 aromatic rings. The molecule has 218 valence electrons. The maximum atomic E-state index is 15.1. The first-order valence-corrected chi connectivity index (χ1v) is 15.8. The molecule has 2 heterocycles. The molecule has 0 spiro atoms. The van der Waals surface area contributed by atoms with Gasteiger partial charge in [0.2, 0.25) is 0 Å². The molecule has 0 radical (unpaired) electrons. The molecular formula is C29H33FN4O5S2. The van der Waals surface area contributed by atoms with Gasteiger partial charge in [-0.3, -0.25) is 4.90 Å². The molecule has 0 amide bonds. The van der Waals surface area contributed by atoms with E-state index in [-0.39, 0.29) is 37.6 Å². The van der Waals surface area contributed by atoms with Crippen LogP contribution in [0.2, 0.25) is 0 Å². The molecule has 1 aromatic heterocycles. The molecule has 1 aliphatic heterocycles. The van der Waals surface area contributed by atoms with Gasteiger partial charge in [-0.25, -0.2) is 12.8 Å². The standard InChI is InChI=1S/C29H33FN4O5S2/c1-39-27-15-20(41(2,37)38)8-9-25(27)32-13-4-7-28-21(10-12-31)22-5-3-6-26(29(22)40-28)33-24-11-14-34(17-23(24)30)16-19(36)18-35/h3,5-6,8-9,15,19,23-24,32-33,35-36H,10-11,13-14,16-18H2,1-2H3. The smallest absolute Gasteiger partial charge is 0.175 e. The highest BCUT2D eigenvalue weighted by Gasteiger charge is 2.30. The Kier molecular flexibility index (Phi) is 10.1. The fourth-order valence-electron chi connectivity index (χ4n) is 4.80. The second kappa shape index (κ2) is 13.5. The van der Waals surface area contributed by atoms with E-state index >= 15 is 4.39 Å². The number of nitrogens with one attached hydrogen (secondary N) is 2. The molecule has 1 saturated heterocycles. The van der Waals surface area contributed by atoms with Crippen molar-refractivity contribution in [1.82, 2.24) is 4.90 Å². The summed E-state index contributed by atoms with van der Waals surface area (Å²) in [7, 11) is -1.90. The average molecular weight is 601 g/mol. The number of likely N-dealkylation sites (tertiary alicyclic amines) is 1. The van der Waals surface area contributed by atoms with Crippen LogP contribution in [0.5, 0.6) is 5.75 Å². The predicted molar refractivity (Wildman–Crippen MR) is 159 cm³/mol. The lowest BCUT2D eigenvalue weighted by molar-refractivity contribution is 0.0365. The number of sulfone groups is 1. The number of ether oxygens (including phenoxy) is 1. The maximum absolute atomic E-state index is 15.1. The normalized spacial score (nSPS) is 18.2. The number of thiophene rings is 1. The van der Waals surface area contributed by atoms with Crippen LogP contribution >= 0.6 is 11.3 Å². The van der Waals surface area contributed by atoms with Gasteiger partial charge >= 0.3 is 0 Å². The summed E-state index contributed by atoms with van der Waals surface area (Å²) in [4.78, 5) is 2.73. The molecule has 4 N–H and O–H groups in total. The van der Waals surface area contributed by atoms with E-state index in [0.717, 1.165) is 32.5 Å². The summed E-state index contributed by atoms with van der Waals surface area (Å²) in [6.07, 6.45) is -0.186. The Balaban J connectivity index is 1.51. The van der Waals surface area contributed by atoms with E-state index < -0.39 is 28.2 Å². The van der Waals surface area contributed by atoms with E-state index in [1.165, 1.54) is 30.6 Å². The zero-order valence-electron chi connectivity index (χ0n) is 22.9. The van der Waals surface area contributed by atoms with Crippen LogP contribution in [0, 0.1) is 23.2 Å². The van der Waals surface area contributed by atoms with Crippen molar-refractivity contribution in [2.75, 3.05) is 56.8 Å². The van der Waals surface area contributed by atoms with Gasteiger partial charge in [0.1, 0.15) is 11.9 Å². The Morgan fingerprint density at radius 1 is 1.29 bits per heavy atom. The molecule has 0 bridgehead atoms. The number of piperidine rings is 1. The van der Waals surface area contributed by atoms with E-state index in [2.05, 4.69) is 28.5 Å². The summed E-state index contributed by atoms with van der Waals surface area (Å²) in [6, 6.07) is 12.1. The third-order valence-corrected chi connectivity index (χ3v) is 9.20. The molecule has 1 fully saturated rings. The van der Waals surface area contributed by atoms with Crippen LogP contribution in [0.15, 0.2) is 41.3 Å². The van der Waals surface area contributed by atoms with E-state index in [1.807, 2.05) is 23.1 Å². The monoisotopic (exact) mass is 600 g/mol. The lowest BCUT2D eigenvalue weighted by Gasteiger charge is -2.36. The van der Waals surface area contributed by atoms with Gasteiger partial charge < -0.3 is 25.6 Å². The highest BCUT2D eigenvalue weighted by atomic mass is 32.2. The lowest BCUT2D eigenvalue weighted by Crippen LogP contribution is -2.50. The Bertz CT molecular complexity index is 1590. The van der Waals surface area contributed by atoms with Gasteiger partial charge in [-0.15, -0.1) is 11.3 Å². The molecule has 41 heavy (non-hydrogen) atoms. The van der Waals surface area contributed by atoms with Gasteiger partial charge in [-0.2, -0.15) is 5.26 Å². The number of β-amino-alcohol motifs (C(OH)–C–C–N with tert-alkyl or cyclic N) is 1. The number of aliphatic hydroxyl groups excluding tert-OH is 2. The molecule has 3 unspecified atom stereocenters. The molecule has 4 rings (SSSR count). The predicted octanol–water partition coefficient (Wildman–Crippen LogP) is 3.02. The minimum absolute atomic E-state index is 0.159. The van der Waals surface area contributed by atoms with Crippen molar-refractivity contribution in [3.05, 3.63) is 46.8 Å². The maximum Gasteiger partial charge on any atom is 0.175 e. The van der Waals surface area contributed by atoms with Crippen molar-refractivity contribution in [2.45, 2.75) is 36.1 Å². The summed E-state index contributed by atoms with van der Waals surface area (Å²) in [5, 5.41) is 35.7. The summed E-state index contributed by atoms with van der Waals surface area (Å²) < 4.78 is 45.0. The van der Waals surface area contributed by atoms with Crippen molar-refractivity contribution in [1.29, 1.82) is 5.26 Å². The van der Waals surface area contributed by atoms with Crippen molar-refractivity contribution >= 4 is 42.6 Å². The van der Waals surface area contributed by atoms with Crippen LogP contribution in [0.4, 0.5) is 15.8 Å². The second-order valence-electron chi connectivity index (χ2n) is 9.87. The lowest BCUT2D eigenvalue weighted by atomic mass is 10.0. The van der Waals surface area contributed by atoms with Crippen molar-refractivity contribution < 1.29 is 27.8 Å². The number of anilines is 2. The van der Waals surface area contributed by atoms with Gasteiger partial charge in [0, 0.05) is 42.9 Å². The third-order valence-electron chi connectivity index (χ3n) is 6.89. The Morgan fingerprint density at radius 2 is 2.10 bits per heavy atom. The highest BCUT2D eigenvalue weighted by molar-refractivity contribution is 7.90. The molecule has 3 atom stereocenters. The fraction of sp³-hybridized carbons (Fsp3) is 0.414. The Morgan fingerprint density at radius 3 is 2.78 bits per heavy atom. The number of aliphatic hydroxyl groups is 2. The van der Waals surface area contributed by atoms with E-state index in [0.29, 0.717) is 24.4 Å². The molecule has 9 nitrogen and oxygen atoms in total. The topological polar surface area (TPSA) is 135 Å². The summed E-state index contributed by atoms with van der Waals surface area (Å²) in [5.74, 6) is 6.63. The number of nitrogens with zero attached hydrogens (tertiary/aromatic N) is 2. The van der Waals surface area contributed by atoms with Crippen LogP contribution in [0.3, 0.4) is 0 Å². The number of nitriles is 1. The molecule has 2 aromatic carbocycles. The fourth-order valence-corrected chi connectivity index (χ4v) is 6.61. The summed E-state index contributed by atoms with van der Waals surface area (Å²) in [6.45, 7) is 0.903. The number of methoxy groups -OCH3 is 1.